The van der Waals surface area contributed by atoms with E-state index in [0.29, 0.717) is 22.6 Å². The van der Waals surface area contributed by atoms with Crippen molar-refractivity contribution in [3.05, 3.63) is 35.0 Å². The number of methoxy groups -OCH3 is 1. The van der Waals surface area contributed by atoms with Crippen molar-refractivity contribution in [2.24, 2.45) is 0 Å². The number of rotatable bonds is 6. The Hall–Kier alpha value is -2.35. The first-order chi connectivity index (χ1) is 11.5. The highest BCUT2D eigenvalue weighted by Crippen LogP contribution is 2.33. The maximum atomic E-state index is 12.4. The van der Waals surface area contributed by atoms with Crippen LogP contribution in [0.5, 0.6) is 11.5 Å². The number of phenolic OH excluding ortho intramolecular Hbond substituents is 1. The van der Waals surface area contributed by atoms with Gasteiger partial charge in [0, 0.05) is 11.4 Å². The average Bonchev–Trinajstić information content (AvgIpc) is 2.54. The fourth-order valence-electron chi connectivity index (χ4n) is 2.38. The van der Waals surface area contributed by atoms with Gasteiger partial charge in [0.05, 0.1) is 18.7 Å². The summed E-state index contributed by atoms with van der Waals surface area (Å²) in [6.45, 7) is 1.94. The number of benzene rings is 1. The van der Waals surface area contributed by atoms with Gasteiger partial charge in [-0.3, -0.25) is 0 Å². The van der Waals surface area contributed by atoms with E-state index in [0.717, 1.165) is 0 Å². The molecule has 3 N–H and O–H groups in total. The zero-order chi connectivity index (χ0) is 17.7. The summed E-state index contributed by atoms with van der Waals surface area (Å²) in [5.74, 6) is 0.431. The van der Waals surface area contributed by atoms with Crippen molar-refractivity contribution in [2.45, 2.75) is 13.0 Å². The van der Waals surface area contributed by atoms with Gasteiger partial charge in [-0.1, -0.05) is 6.07 Å². The predicted octanol–water partition coefficient (Wildman–Crippen LogP) is 1.93. The molecule has 2 amide bonds. The highest BCUT2D eigenvalue weighted by molar-refractivity contribution is 7.98. The zero-order valence-electron chi connectivity index (χ0n) is 13.7. The number of aromatic hydroxyl groups is 1. The van der Waals surface area contributed by atoms with Crippen molar-refractivity contribution in [1.82, 2.24) is 10.6 Å². The van der Waals surface area contributed by atoms with Gasteiger partial charge in [-0.05, 0) is 30.9 Å². The lowest BCUT2D eigenvalue weighted by molar-refractivity contribution is -0.138. The molecule has 1 aliphatic rings. The third-order valence-corrected chi connectivity index (χ3v) is 4.12. The van der Waals surface area contributed by atoms with E-state index in [1.807, 2.05) is 6.26 Å². The lowest BCUT2D eigenvalue weighted by Gasteiger charge is -2.28. The normalized spacial score (nSPS) is 17.1. The van der Waals surface area contributed by atoms with Crippen LogP contribution in [-0.4, -0.2) is 42.8 Å². The molecular formula is C16H20N2O5S. The Kier molecular flexibility index (Phi) is 5.97. The molecule has 1 aromatic rings. The molecule has 1 aromatic carbocycles. The van der Waals surface area contributed by atoms with Crippen LogP contribution in [0.15, 0.2) is 29.5 Å². The number of amides is 2. The molecule has 1 heterocycles. The van der Waals surface area contributed by atoms with E-state index in [9.17, 15) is 14.7 Å². The quantitative estimate of drug-likeness (QED) is 0.535. The highest BCUT2D eigenvalue weighted by Gasteiger charge is 2.32. The number of hydrogen-bond acceptors (Lipinski definition) is 6. The largest absolute Gasteiger partial charge is 0.504 e. The van der Waals surface area contributed by atoms with Gasteiger partial charge in [-0.2, -0.15) is 11.8 Å². The molecule has 0 aromatic heterocycles. The Bertz CT molecular complexity index is 674. The van der Waals surface area contributed by atoms with Crippen molar-refractivity contribution in [1.29, 1.82) is 0 Å². The van der Waals surface area contributed by atoms with Gasteiger partial charge in [0.15, 0.2) is 11.5 Å². The number of esters is 1. The standard InChI is InChI=1S/C16H20N2O5S/c1-9-13(15(20)23-6-7-24-3)14(18-16(21)17-9)10-4-5-11(19)12(8-10)22-2/h4-5,8,14,19H,6-7H2,1-3H3,(H2,17,18,21). The van der Waals surface area contributed by atoms with Crippen molar-refractivity contribution in [2.75, 3.05) is 25.7 Å². The van der Waals surface area contributed by atoms with Crippen molar-refractivity contribution in [3.8, 4) is 11.5 Å². The van der Waals surface area contributed by atoms with E-state index >= 15 is 0 Å². The van der Waals surface area contributed by atoms with Gasteiger partial charge in [-0.15, -0.1) is 0 Å². The SMILES string of the molecule is COc1cc(C2NC(=O)NC(C)=C2C(=O)OCCSC)ccc1O. The van der Waals surface area contributed by atoms with E-state index < -0.39 is 18.0 Å². The molecule has 2 rings (SSSR count). The minimum atomic E-state index is -0.685. The Morgan fingerprint density at radius 3 is 2.83 bits per heavy atom. The smallest absolute Gasteiger partial charge is 0.338 e. The molecule has 24 heavy (non-hydrogen) atoms. The summed E-state index contributed by atoms with van der Waals surface area (Å²) in [6, 6.07) is 3.55. The molecule has 130 valence electrons. The summed E-state index contributed by atoms with van der Waals surface area (Å²) in [7, 11) is 1.43. The first-order valence-electron chi connectivity index (χ1n) is 7.29. The Morgan fingerprint density at radius 1 is 1.42 bits per heavy atom. The highest BCUT2D eigenvalue weighted by atomic mass is 32.2. The van der Waals surface area contributed by atoms with Crippen LogP contribution < -0.4 is 15.4 Å². The van der Waals surface area contributed by atoms with Gasteiger partial charge in [0.1, 0.15) is 6.61 Å². The fraction of sp³-hybridized carbons (Fsp3) is 0.375. The molecule has 0 saturated heterocycles. The van der Waals surface area contributed by atoms with Crippen LogP contribution in [0.3, 0.4) is 0 Å². The molecule has 0 spiro atoms. The van der Waals surface area contributed by atoms with Gasteiger partial charge in [0.25, 0.3) is 0 Å². The number of carbonyl (C=O) groups excluding carboxylic acids is 2. The van der Waals surface area contributed by atoms with Crippen LogP contribution in [0.2, 0.25) is 0 Å². The molecule has 0 bridgehead atoms. The second-order valence-electron chi connectivity index (χ2n) is 5.13. The second kappa shape index (κ2) is 7.96. The maximum Gasteiger partial charge on any atom is 0.338 e. The molecule has 1 aliphatic heterocycles. The lowest BCUT2D eigenvalue weighted by atomic mass is 9.95. The van der Waals surface area contributed by atoms with Gasteiger partial charge in [-0.25, -0.2) is 9.59 Å². The van der Waals surface area contributed by atoms with E-state index in [-0.39, 0.29) is 18.1 Å². The molecule has 0 fully saturated rings. The summed E-state index contributed by atoms with van der Waals surface area (Å²) in [4.78, 5) is 24.2. The lowest BCUT2D eigenvalue weighted by Crippen LogP contribution is -2.45. The molecule has 8 heteroatoms. The monoisotopic (exact) mass is 352 g/mol. The summed E-state index contributed by atoms with van der Waals surface area (Å²) < 4.78 is 10.4. The summed E-state index contributed by atoms with van der Waals surface area (Å²) in [6.07, 6.45) is 1.92. The van der Waals surface area contributed by atoms with Crippen LogP contribution in [0.1, 0.15) is 18.5 Å². The molecule has 7 nitrogen and oxygen atoms in total. The third kappa shape index (κ3) is 3.94. The molecule has 1 unspecified atom stereocenters. The van der Waals surface area contributed by atoms with Crippen molar-refractivity contribution < 1.29 is 24.2 Å². The van der Waals surface area contributed by atoms with Gasteiger partial charge < -0.3 is 25.2 Å². The Balaban J connectivity index is 2.36. The minimum Gasteiger partial charge on any atom is -0.504 e. The van der Waals surface area contributed by atoms with E-state index in [1.54, 1.807) is 30.8 Å². The number of hydrogen-bond donors (Lipinski definition) is 3. The van der Waals surface area contributed by atoms with Gasteiger partial charge >= 0.3 is 12.0 Å². The number of urea groups is 1. The topological polar surface area (TPSA) is 96.9 Å². The first-order valence-corrected chi connectivity index (χ1v) is 8.68. The van der Waals surface area contributed by atoms with Crippen LogP contribution in [0, 0.1) is 0 Å². The van der Waals surface area contributed by atoms with E-state index in [2.05, 4.69) is 10.6 Å². The number of thioether (sulfide) groups is 1. The number of nitrogens with one attached hydrogen (secondary N) is 2. The molecule has 0 radical (unpaired) electrons. The second-order valence-corrected chi connectivity index (χ2v) is 6.12. The first kappa shape index (κ1) is 18.0. The Morgan fingerprint density at radius 2 is 2.17 bits per heavy atom. The molecular weight excluding hydrogens is 332 g/mol. The third-order valence-electron chi connectivity index (χ3n) is 3.55. The van der Waals surface area contributed by atoms with Crippen LogP contribution in [-0.2, 0) is 9.53 Å². The van der Waals surface area contributed by atoms with Crippen LogP contribution in [0.4, 0.5) is 4.79 Å². The molecule has 0 aliphatic carbocycles. The van der Waals surface area contributed by atoms with E-state index in [4.69, 9.17) is 9.47 Å². The molecule has 1 atom stereocenters. The van der Waals surface area contributed by atoms with E-state index in [1.165, 1.54) is 13.2 Å². The number of ether oxygens (including phenoxy) is 2. The average molecular weight is 352 g/mol. The molecule has 0 saturated carbocycles. The fourth-order valence-corrected chi connectivity index (χ4v) is 2.63. The minimum absolute atomic E-state index is 0.0219. The zero-order valence-corrected chi connectivity index (χ0v) is 14.5. The van der Waals surface area contributed by atoms with Crippen LogP contribution in [0.25, 0.3) is 0 Å². The summed E-state index contributed by atoms with van der Waals surface area (Å²) >= 11 is 1.57. The summed E-state index contributed by atoms with van der Waals surface area (Å²) in [5, 5.41) is 15.0. The Labute approximate surface area is 144 Å². The van der Waals surface area contributed by atoms with Crippen molar-refractivity contribution >= 4 is 23.8 Å². The predicted molar refractivity (Wildman–Crippen MR) is 91.1 cm³/mol. The number of carbonyl (C=O) groups is 2. The van der Waals surface area contributed by atoms with Crippen LogP contribution >= 0.6 is 11.8 Å². The number of allylic oxidation sites excluding steroid dienone is 1. The summed E-state index contributed by atoms with van der Waals surface area (Å²) in [5.41, 5.74) is 1.36. The maximum absolute atomic E-state index is 12.4. The van der Waals surface area contributed by atoms with Gasteiger partial charge in [0.2, 0.25) is 0 Å². The van der Waals surface area contributed by atoms with Crippen molar-refractivity contribution in [3.63, 3.8) is 0 Å². The number of phenols is 1.